The third-order valence-electron chi connectivity index (χ3n) is 4.70. The number of benzene rings is 2. The van der Waals surface area contributed by atoms with E-state index in [-0.39, 0.29) is 11.7 Å². The number of hydrogen-bond acceptors (Lipinski definition) is 2. The molecule has 2 nitrogen and oxygen atoms in total. The second-order valence-corrected chi connectivity index (χ2v) is 7.55. The zero-order valence-electron chi connectivity index (χ0n) is 14.4. The van der Waals surface area contributed by atoms with Gasteiger partial charge in [-0.05, 0) is 36.1 Å². The molecule has 1 fully saturated rings. The van der Waals surface area contributed by atoms with Crippen LogP contribution in [0.4, 0.5) is 4.39 Å². The molecular formula is C21H24FNOS. The number of nitrogens with zero attached hydrogens (tertiary/aromatic N) is 1. The first-order valence-electron chi connectivity index (χ1n) is 8.87. The van der Waals surface area contributed by atoms with Gasteiger partial charge in [0.25, 0.3) is 0 Å². The van der Waals surface area contributed by atoms with Crippen molar-refractivity contribution in [2.75, 3.05) is 18.8 Å². The third-order valence-corrected chi connectivity index (χ3v) is 5.69. The van der Waals surface area contributed by atoms with Crippen molar-refractivity contribution in [1.82, 2.24) is 4.90 Å². The first-order valence-corrected chi connectivity index (χ1v) is 10.0. The third kappa shape index (κ3) is 5.33. The minimum absolute atomic E-state index is 0.206. The molecule has 1 saturated heterocycles. The SMILES string of the molecule is O=C(CSCc1ccccc1)N1CCCCC(c2ccc(F)cc2)C1. The highest BCUT2D eigenvalue weighted by atomic mass is 32.2. The van der Waals surface area contributed by atoms with Gasteiger partial charge in [0.2, 0.25) is 5.91 Å². The fraction of sp³-hybridized carbons (Fsp3) is 0.381. The van der Waals surface area contributed by atoms with Gasteiger partial charge in [-0.2, -0.15) is 0 Å². The molecule has 0 aromatic heterocycles. The minimum atomic E-state index is -0.206. The lowest BCUT2D eigenvalue weighted by Crippen LogP contribution is -2.35. The molecule has 1 heterocycles. The van der Waals surface area contributed by atoms with Crippen LogP contribution in [-0.2, 0) is 10.5 Å². The second kappa shape index (κ2) is 9.04. The molecule has 25 heavy (non-hydrogen) atoms. The van der Waals surface area contributed by atoms with Crippen LogP contribution in [0.2, 0.25) is 0 Å². The molecular weight excluding hydrogens is 333 g/mol. The summed E-state index contributed by atoms with van der Waals surface area (Å²) >= 11 is 1.67. The van der Waals surface area contributed by atoms with Gasteiger partial charge in [0.1, 0.15) is 5.82 Å². The summed E-state index contributed by atoms with van der Waals surface area (Å²) in [7, 11) is 0. The number of thioether (sulfide) groups is 1. The zero-order valence-corrected chi connectivity index (χ0v) is 15.2. The quantitative estimate of drug-likeness (QED) is 0.762. The van der Waals surface area contributed by atoms with E-state index in [2.05, 4.69) is 12.1 Å². The average molecular weight is 357 g/mol. The fourth-order valence-electron chi connectivity index (χ4n) is 3.30. The fourth-order valence-corrected chi connectivity index (χ4v) is 4.18. The van der Waals surface area contributed by atoms with E-state index in [0.29, 0.717) is 11.7 Å². The summed E-state index contributed by atoms with van der Waals surface area (Å²) in [6.07, 6.45) is 3.22. The maximum atomic E-state index is 13.2. The van der Waals surface area contributed by atoms with Crippen molar-refractivity contribution in [2.24, 2.45) is 0 Å². The molecule has 0 bridgehead atoms. The lowest BCUT2D eigenvalue weighted by Gasteiger charge is -2.25. The highest BCUT2D eigenvalue weighted by Gasteiger charge is 2.23. The van der Waals surface area contributed by atoms with Gasteiger partial charge in [-0.1, -0.05) is 48.9 Å². The molecule has 1 atom stereocenters. The molecule has 0 saturated carbocycles. The molecule has 0 spiro atoms. The number of carbonyl (C=O) groups excluding carboxylic acids is 1. The summed E-state index contributed by atoms with van der Waals surface area (Å²) in [5.74, 6) is 1.70. The second-order valence-electron chi connectivity index (χ2n) is 6.56. The Bertz CT molecular complexity index is 674. The van der Waals surface area contributed by atoms with Crippen LogP contribution in [0.1, 0.15) is 36.3 Å². The summed E-state index contributed by atoms with van der Waals surface area (Å²) in [6.45, 7) is 1.58. The highest BCUT2D eigenvalue weighted by molar-refractivity contribution is 7.99. The summed E-state index contributed by atoms with van der Waals surface area (Å²) in [6, 6.07) is 17.0. The molecule has 0 radical (unpaired) electrons. The maximum Gasteiger partial charge on any atom is 0.232 e. The normalized spacial score (nSPS) is 18.0. The number of amides is 1. The van der Waals surface area contributed by atoms with E-state index in [1.54, 1.807) is 11.8 Å². The van der Waals surface area contributed by atoms with Gasteiger partial charge < -0.3 is 4.90 Å². The molecule has 1 unspecified atom stereocenters. The summed E-state index contributed by atoms with van der Waals surface area (Å²) in [4.78, 5) is 14.6. The minimum Gasteiger partial charge on any atom is -0.341 e. The summed E-state index contributed by atoms with van der Waals surface area (Å²) < 4.78 is 13.2. The Balaban J connectivity index is 1.54. The molecule has 0 N–H and O–H groups in total. The number of rotatable bonds is 5. The van der Waals surface area contributed by atoms with Crippen LogP contribution >= 0.6 is 11.8 Å². The van der Waals surface area contributed by atoms with Crippen LogP contribution in [0, 0.1) is 5.82 Å². The van der Waals surface area contributed by atoms with Crippen LogP contribution in [-0.4, -0.2) is 29.6 Å². The molecule has 0 aliphatic carbocycles. The Morgan fingerprint density at radius 2 is 1.84 bits per heavy atom. The highest BCUT2D eigenvalue weighted by Crippen LogP contribution is 2.27. The van der Waals surface area contributed by atoms with Gasteiger partial charge >= 0.3 is 0 Å². The Hall–Kier alpha value is -1.81. The first-order chi connectivity index (χ1) is 12.2. The maximum absolute atomic E-state index is 13.2. The monoisotopic (exact) mass is 357 g/mol. The molecule has 1 aliphatic rings. The predicted octanol–water partition coefficient (Wildman–Crippen LogP) is 4.86. The van der Waals surface area contributed by atoms with Crippen molar-refractivity contribution < 1.29 is 9.18 Å². The van der Waals surface area contributed by atoms with Crippen LogP contribution in [0.5, 0.6) is 0 Å². The molecule has 1 amide bonds. The number of halogens is 1. The van der Waals surface area contributed by atoms with E-state index in [1.807, 2.05) is 35.2 Å². The molecule has 2 aromatic carbocycles. The average Bonchev–Trinajstić information content (AvgIpc) is 2.89. The number of likely N-dealkylation sites (tertiary alicyclic amines) is 1. The predicted molar refractivity (Wildman–Crippen MR) is 102 cm³/mol. The molecule has 1 aliphatic heterocycles. The molecule has 132 valence electrons. The molecule has 2 aromatic rings. The Labute approximate surface area is 153 Å². The van der Waals surface area contributed by atoms with Gasteiger partial charge in [0.05, 0.1) is 5.75 Å². The smallest absolute Gasteiger partial charge is 0.232 e. The van der Waals surface area contributed by atoms with Gasteiger partial charge in [-0.3, -0.25) is 4.79 Å². The lowest BCUT2D eigenvalue weighted by atomic mass is 9.94. The van der Waals surface area contributed by atoms with Crippen LogP contribution in [0.15, 0.2) is 54.6 Å². The topological polar surface area (TPSA) is 20.3 Å². The van der Waals surface area contributed by atoms with Crippen LogP contribution in [0.25, 0.3) is 0 Å². The van der Waals surface area contributed by atoms with Gasteiger partial charge in [0, 0.05) is 24.8 Å². The Morgan fingerprint density at radius 1 is 1.08 bits per heavy atom. The number of hydrogen-bond donors (Lipinski definition) is 0. The largest absolute Gasteiger partial charge is 0.341 e. The standard InChI is InChI=1S/C21H24FNOS/c22-20-11-9-18(10-12-20)19-8-4-5-13-23(14-19)21(24)16-25-15-17-6-2-1-3-7-17/h1-3,6-7,9-12,19H,4-5,8,13-16H2. The summed E-state index contributed by atoms with van der Waals surface area (Å²) in [5.41, 5.74) is 2.39. The van der Waals surface area contributed by atoms with Crippen LogP contribution in [0.3, 0.4) is 0 Å². The first kappa shape index (κ1) is 18.0. The van der Waals surface area contributed by atoms with Gasteiger partial charge in [-0.25, -0.2) is 4.39 Å². The van der Waals surface area contributed by atoms with Gasteiger partial charge in [0.15, 0.2) is 0 Å². The van der Waals surface area contributed by atoms with Crippen molar-refractivity contribution in [1.29, 1.82) is 0 Å². The van der Waals surface area contributed by atoms with E-state index < -0.39 is 0 Å². The van der Waals surface area contributed by atoms with E-state index in [0.717, 1.165) is 43.7 Å². The van der Waals surface area contributed by atoms with Crippen molar-refractivity contribution in [3.63, 3.8) is 0 Å². The van der Waals surface area contributed by atoms with E-state index in [1.165, 1.54) is 17.7 Å². The van der Waals surface area contributed by atoms with E-state index in [4.69, 9.17) is 0 Å². The Kier molecular flexibility index (Phi) is 6.51. The molecule has 3 rings (SSSR count). The van der Waals surface area contributed by atoms with E-state index >= 15 is 0 Å². The number of carbonyl (C=O) groups is 1. The van der Waals surface area contributed by atoms with Crippen LogP contribution < -0.4 is 0 Å². The van der Waals surface area contributed by atoms with Gasteiger partial charge in [-0.15, -0.1) is 11.8 Å². The lowest BCUT2D eigenvalue weighted by molar-refractivity contribution is -0.128. The van der Waals surface area contributed by atoms with Crippen molar-refractivity contribution in [2.45, 2.75) is 30.9 Å². The molecule has 4 heteroatoms. The zero-order chi connectivity index (χ0) is 17.5. The van der Waals surface area contributed by atoms with Crippen molar-refractivity contribution in [3.8, 4) is 0 Å². The van der Waals surface area contributed by atoms with Crippen molar-refractivity contribution in [3.05, 3.63) is 71.5 Å². The summed E-state index contributed by atoms with van der Waals surface area (Å²) in [5, 5.41) is 0. The van der Waals surface area contributed by atoms with E-state index in [9.17, 15) is 9.18 Å². The Morgan fingerprint density at radius 3 is 2.60 bits per heavy atom. The van der Waals surface area contributed by atoms with Crippen molar-refractivity contribution >= 4 is 17.7 Å².